The van der Waals surface area contributed by atoms with Gasteiger partial charge in [0.15, 0.2) is 0 Å². The van der Waals surface area contributed by atoms with Crippen LogP contribution >= 0.6 is 0 Å². The number of carbonyl (C=O) groups is 2. The number of nitrogens with zero attached hydrogens (tertiary/aromatic N) is 1. The molecule has 1 aliphatic heterocycles. The molecule has 1 unspecified atom stereocenters. The van der Waals surface area contributed by atoms with Crippen molar-refractivity contribution in [1.29, 1.82) is 0 Å². The van der Waals surface area contributed by atoms with E-state index in [4.69, 9.17) is 9.47 Å². The number of anilines is 1. The largest absolute Gasteiger partial charge is 0.496 e. The highest BCUT2D eigenvalue weighted by atomic mass is 16.5. The molecule has 0 aliphatic carbocycles. The van der Waals surface area contributed by atoms with E-state index >= 15 is 0 Å². The van der Waals surface area contributed by atoms with Crippen molar-refractivity contribution in [2.24, 2.45) is 5.92 Å². The second-order valence-corrected chi connectivity index (χ2v) is 8.58. The quantitative estimate of drug-likeness (QED) is 0.527. The summed E-state index contributed by atoms with van der Waals surface area (Å²) in [5, 5.41) is 3.63. The second-order valence-electron chi connectivity index (χ2n) is 8.58. The minimum atomic E-state index is -0.544. The Hall–Kier alpha value is -3.32. The van der Waals surface area contributed by atoms with Crippen LogP contribution in [-0.2, 0) is 16.0 Å². The van der Waals surface area contributed by atoms with Gasteiger partial charge in [0.05, 0.1) is 36.9 Å². The summed E-state index contributed by atoms with van der Waals surface area (Å²) >= 11 is 0. The fraction of sp³-hybridized carbons (Fsp3) is 0.385. The third kappa shape index (κ3) is 4.88. The molecule has 174 valence electrons. The minimum absolute atomic E-state index is 0.159. The van der Waals surface area contributed by atoms with Gasteiger partial charge in [0.25, 0.3) is 0 Å². The summed E-state index contributed by atoms with van der Waals surface area (Å²) in [7, 11) is 2.88. The number of nitrogens with one attached hydrogen (secondary N) is 2. The number of fused-ring (bicyclic) bond motifs is 1. The monoisotopic (exact) mass is 449 g/mol. The Labute approximate surface area is 194 Å². The van der Waals surface area contributed by atoms with E-state index in [1.807, 2.05) is 25.1 Å². The van der Waals surface area contributed by atoms with Crippen LogP contribution in [0, 0.1) is 5.92 Å². The molecule has 1 saturated heterocycles. The Bertz CT molecular complexity index is 1120. The molecule has 2 aromatic carbocycles. The number of benzene rings is 2. The molecule has 1 amide bonds. The zero-order valence-corrected chi connectivity index (χ0v) is 19.4. The molecule has 3 aromatic rings. The molecule has 1 fully saturated rings. The van der Waals surface area contributed by atoms with Gasteiger partial charge >= 0.3 is 5.97 Å². The van der Waals surface area contributed by atoms with E-state index in [0.29, 0.717) is 28.3 Å². The number of esters is 1. The number of amides is 1. The van der Waals surface area contributed by atoms with E-state index < -0.39 is 5.97 Å². The number of rotatable bonds is 7. The van der Waals surface area contributed by atoms with Crippen molar-refractivity contribution in [3.63, 3.8) is 0 Å². The topological polar surface area (TPSA) is 83.7 Å². The van der Waals surface area contributed by atoms with E-state index in [-0.39, 0.29) is 17.6 Å². The third-order valence-electron chi connectivity index (χ3n) is 6.59. The van der Waals surface area contributed by atoms with Gasteiger partial charge in [-0.05, 0) is 62.9 Å². The number of H-pyrrole nitrogens is 1. The molecular formula is C26H31N3O4. The Kier molecular flexibility index (Phi) is 6.99. The van der Waals surface area contributed by atoms with Crippen molar-refractivity contribution in [2.75, 3.05) is 32.6 Å². The van der Waals surface area contributed by atoms with Crippen molar-refractivity contribution < 1.29 is 19.1 Å². The molecule has 2 heterocycles. The molecular weight excluding hydrogens is 418 g/mol. The Morgan fingerprint density at radius 1 is 1.09 bits per heavy atom. The van der Waals surface area contributed by atoms with Gasteiger partial charge < -0.3 is 19.8 Å². The van der Waals surface area contributed by atoms with Crippen LogP contribution in [0.3, 0.4) is 0 Å². The zero-order valence-electron chi connectivity index (χ0n) is 19.4. The number of carbonyl (C=O) groups excluding carboxylic acids is 2. The molecule has 7 nitrogen and oxygen atoms in total. The molecule has 2 N–H and O–H groups in total. The van der Waals surface area contributed by atoms with Crippen LogP contribution in [0.25, 0.3) is 10.9 Å². The maximum atomic E-state index is 13.2. The van der Waals surface area contributed by atoms with E-state index in [1.165, 1.54) is 12.7 Å². The number of ether oxygens (including phenoxy) is 2. The van der Waals surface area contributed by atoms with Crippen molar-refractivity contribution in [3.8, 4) is 5.75 Å². The maximum absolute atomic E-state index is 13.2. The van der Waals surface area contributed by atoms with E-state index in [1.54, 1.807) is 13.2 Å². The standard InChI is InChI=1S/C26H31N3O4/c1-17(29-14-12-19(13-15-29)16-18-8-5-4-6-9-18)25(30)28-23-22-20(10-7-11-21(22)32-2)27-24(23)26(31)33-3/h4-11,17,19,27H,12-16H2,1-3H3,(H,28,30). The predicted octanol–water partition coefficient (Wildman–Crippen LogP) is 4.24. The number of hydrogen-bond donors (Lipinski definition) is 2. The Morgan fingerprint density at radius 3 is 2.48 bits per heavy atom. The van der Waals surface area contributed by atoms with Crippen molar-refractivity contribution >= 4 is 28.5 Å². The van der Waals surface area contributed by atoms with Crippen LogP contribution in [0.1, 0.15) is 35.8 Å². The lowest BCUT2D eigenvalue weighted by atomic mass is 9.89. The van der Waals surface area contributed by atoms with Crippen LogP contribution in [0.4, 0.5) is 5.69 Å². The average Bonchev–Trinajstić information content (AvgIpc) is 3.22. The molecule has 1 aliphatic rings. The summed E-state index contributed by atoms with van der Waals surface area (Å²) in [5.74, 6) is 0.498. The zero-order chi connectivity index (χ0) is 23.4. The fourth-order valence-corrected chi connectivity index (χ4v) is 4.65. The first-order valence-corrected chi connectivity index (χ1v) is 11.4. The van der Waals surface area contributed by atoms with Gasteiger partial charge in [-0.2, -0.15) is 0 Å². The number of hydrogen-bond acceptors (Lipinski definition) is 5. The van der Waals surface area contributed by atoms with Gasteiger partial charge in [0.1, 0.15) is 11.4 Å². The lowest BCUT2D eigenvalue weighted by Gasteiger charge is -2.35. The summed E-state index contributed by atoms with van der Waals surface area (Å²) in [4.78, 5) is 30.9. The summed E-state index contributed by atoms with van der Waals surface area (Å²) in [6, 6.07) is 15.7. The van der Waals surface area contributed by atoms with Crippen LogP contribution in [0.15, 0.2) is 48.5 Å². The van der Waals surface area contributed by atoms with Crippen molar-refractivity contribution in [2.45, 2.75) is 32.2 Å². The summed E-state index contributed by atoms with van der Waals surface area (Å²) < 4.78 is 10.4. The Balaban J connectivity index is 1.46. The van der Waals surface area contributed by atoms with E-state index in [0.717, 1.165) is 32.4 Å². The highest BCUT2D eigenvalue weighted by Gasteiger charge is 2.29. The Morgan fingerprint density at radius 2 is 1.82 bits per heavy atom. The average molecular weight is 450 g/mol. The van der Waals surface area contributed by atoms with Crippen molar-refractivity contribution in [1.82, 2.24) is 9.88 Å². The SMILES string of the molecule is COC(=O)c1[nH]c2cccc(OC)c2c1NC(=O)C(C)N1CCC(Cc2ccccc2)CC1. The highest BCUT2D eigenvalue weighted by molar-refractivity contribution is 6.13. The first kappa shape index (κ1) is 22.9. The summed E-state index contributed by atoms with van der Waals surface area (Å²) in [5.41, 5.74) is 2.66. The fourth-order valence-electron chi connectivity index (χ4n) is 4.65. The van der Waals surface area contributed by atoms with E-state index in [9.17, 15) is 9.59 Å². The molecule has 0 spiro atoms. The van der Waals surface area contributed by atoms with Crippen LogP contribution in [-0.4, -0.2) is 55.1 Å². The lowest BCUT2D eigenvalue weighted by Crippen LogP contribution is -2.46. The number of piperidine rings is 1. The van der Waals surface area contributed by atoms with Gasteiger partial charge in [-0.1, -0.05) is 36.4 Å². The molecule has 4 rings (SSSR count). The summed E-state index contributed by atoms with van der Waals surface area (Å²) in [6.07, 6.45) is 3.19. The van der Waals surface area contributed by atoms with Gasteiger partial charge in [-0.15, -0.1) is 0 Å². The molecule has 1 atom stereocenters. The molecule has 7 heteroatoms. The number of aromatic amines is 1. The highest BCUT2D eigenvalue weighted by Crippen LogP contribution is 2.36. The first-order chi connectivity index (χ1) is 16.0. The molecule has 0 saturated carbocycles. The number of aromatic nitrogens is 1. The molecule has 33 heavy (non-hydrogen) atoms. The smallest absolute Gasteiger partial charge is 0.356 e. The molecule has 1 aromatic heterocycles. The minimum Gasteiger partial charge on any atom is -0.496 e. The normalized spacial score (nSPS) is 15.8. The molecule has 0 bridgehead atoms. The van der Waals surface area contributed by atoms with E-state index in [2.05, 4.69) is 39.5 Å². The van der Waals surface area contributed by atoms with Crippen LogP contribution in [0.2, 0.25) is 0 Å². The predicted molar refractivity (Wildman–Crippen MR) is 129 cm³/mol. The van der Waals surface area contributed by atoms with Gasteiger partial charge in [0, 0.05) is 0 Å². The van der Waals surface area contributed by atoms with Gasteiger partial charge in [0.2, 0.25) is 5.91 Å². The first-order valence-electron chi connectivity index (χ1n) is 11.4. The third-order valence-corrected chi connectivity index (χ3v) is 6.59. The lowest BCUT2D eigenvalue weighted by molar-refractivity contribution is -0.121. The second kappa shape index (κ2) is 10.1. The van der Waals surface area contributed by atoms with Crippen LogP contribution in [0.5, 0.6) is 5.75 Å². The van der Waals surface area contributed by atoms with Crippen LogP contribution < -0.4 is 10.1 Å². The van der Waals surface area contributed by atoms with Gasteiger partial charge in [-0.25, -0.2) is 4.79 Å². The number of likely N-dealkylation sites (tertiary alicyclic amines) is 1. The summed E-state index contributed by atoms with van der Waals surface area (Å²) in [6.45, 7) is 3.65. The number of methoxy groups -OCH3 is 2. The maximum Gasteiger partial charge on any atom is 0.356 e. The molecule has 0 radical (unpaired) electrons. The van der Waals surface area contributed by atoms with Crippen molar-refractivity contribution in [3.05, 3.63) is 59.8 Å². The van der Waals surface area contributed by atoms with Gasteiger partial charge in [-0.3, -0.25) is 9.69 Å².